The van der Waals surface area contributed by atoms with Crippen molar-refractivity contribution in [3.63, 3.8) is 0 Å². The zero-order valence-corrected chi connectivity index (χ0v) is 23.2. The van der Waals surface area contributed by atoms with E-state index >= 15 is 0 Å². The summed E-state index contributed by atoms with van der Waals surface area (Å²) in [5.74, 6) is -0.978. The molecule has 5 amide bonds. The van der Waals surface area contributed by atoms with Crippen LogP contribution < -0.4 is 25.0 Å². The lowest BCUT2D eigenvalue weighted by atomic mass is 10.1. The van der Waals surface area contributed by atoms with Crippen molar-refractivity contribution in [1.82, 2.24) is 5.32 Å². The van der Waals surface area contributed by atoms with Crippen molar-refractivity contribution in [1.29, 1.82) is 0 Å². The van der Waals surface area contributed by atoms with Crippen LogP contribution in [0.2, 0.25) is 0 Å². The molecule has 0 aliphatic carbocycles. The highest BCUT2D eigenvalue weighted by atomic mass is 79.9. The molecule has 0 radical (unpaired) electrons. The fourth-order valence-corrected chi connectivity index (χ4v) is 5.02. The van der Waals surface area contributed by atoms with Gasteiger partial charge in [0, 0.05) is 5.69 Å². The normalized spacial score (nSPS) is 14.3. The molecule has 3 aromatic carbocycles. The minimum Gasteiger partial charge on any atom is -0.494 e. The Labute approximate surface area is 235 Å². The Morgan fingerprint density at radius 2 is 1.63 bits per heavy atom. The number of amides is 5. The summed E-state index contributed by atoms with van der Waals surface area (Å²) >= 11 is 6.82. The third kappa shape index (κ3) is 6.29. The summed E-state index contributed by atoms with van der Waals surface area (Å²) < 4.78 is 12.0. The Balaban J connectivity index is 1.52. The van der Waals surface area contributed by atoms with Crippen LogP contribution in [0.4, 0.5) is 16.2 Å². The van der Waals surface area contributed by atoms with Gasteiger partial charge in [0.05, 0.1) is 21.2 Å². The number of barbiturate groups is 1. The summed E-state index contributed by atoms with van der Waals surface area (Å²) in [5, 5.41) is 4.93. The number of ether oxygens (including phenoxy) is 2. The predicted molar refractivity (Wildman–Crippen MR) is 149 cm³/mol. The van der Waals surface area contributed by atoms with E-state index in [2.05, 4.69) is 42.5 Å². The van der Waals surface area contributed by atoms with E-state index in [1.165, 1.54) is 6.08 Å². The van der Waals surface area contributed by atoms with Crippen LogP contribution in [-0.2, 0) is 14.4 Å². The lowest BCUT2D eigenvalue weighted by Crippen LogP contribution is -2.54. The van der Waals surface area contributed by atoms with Crippen molar-refractivity contribution in [3.05, 3.63) is 86.8 Å². The Bertz CT molecular complexity index is 1400. The molecule has 2 N–H and O–H groups in total. The molecule has 38 heavy (non-hydrogen) atoms. The second-order valence-corrected chi connectivity index (χ2v) is 9.61. The first-order chi connectivity index (χ1) is 18.3. The van der Waals surface area contributed by atoms with Gasteiger partial charge in [-0.2, -0.15) is 0 Å². The van der Waals surface area contributed by atoms with E-state index in [9.17, 15) is 19.2 Å². The summed E-state index contributed by atoms with van der Waals surface area (Å²) in [6.45, 7) is 2.07. The molecule has 1 aliphatic rings. The molecule has 194 valence electrons. The van der Waals surface area contributed by atoms with Crippen LogP contribution in [0.25, 0.3) is 6.08 Å². The van der Waals surface area contributed by atoms with Gasteiger partial charge in [-0.05, 0) is 99.0 Å². The quantitative estimate of drug-likeness (QED) is 0.255. The van der Waals surface area contributed by atoms with Gasteiger partial charge in [0.2, 0.25) is 0 Å². The summed E-state index contributed by atoms with van der Waals surface area (Å²) in [5.41, 5.74) is 1.18. The van der Waals surface area contributed by atoms with E-state index in [0.29, 0.717) is 38.3 Å². The van der Waals surface area contributed by atoms with Gasteiger partial charge in [0.25, 0.3) is 17.7 Å². The average Bonchev–Trinajstić information content (AvgIpc) is 2.88. The molecule has 0 unspecified atom stereocenters. The number of para-hydroxylation sites is 1. The maximum atomic E-state index is 13.2. The number of urea groups is 1. The third-order valence-electron chi connectivity index (χ3n) is 5.24. The molecule has 0 aromatic heterocycles. The molecule has 3 aromatic rings. The van der Waals surface area contributed by atoms with Gasteiger partial charge in [-0.1, -0.05) is 18.2 Å². The molecule has 4 rings (SSSR count). The zero-order valence-electron chi connectivity index (χ0n) is 20.0. The van der Waals surface area contributed by atoms with Crippen molar-refractivity contribution < 1.29 is 28.7 Å². The Kier molecular flexibility index (Phi) is 8.59. The average molecular weight is 643 g/mol. The maximum Gasteiger partial charge on any atom is 0.335 e. The number of halogens is 2. The number of rotatable bonds is 8. The maximum absolute atomic E-state index is 13.2. The molecular formula is C27H21Br2N3O6. The lowest BCUT2D eigenvalue weighted by Gasteiger charge is -2.26. The molecule has 0 bridgehead atoms. The third-order valence-corrected chi connectivity index (χ3v) is 6.42. The van der Waals surface area contributed by atoms with Gasteiger partial charge in [-0.25, -0.2) is 9.69 Å². The van der Waals surface area contributed by atoms with E-state index in [1.54, 1.807) is 48.5 Å². The second kappa shape index (κ2) is 12.1. The van der Waals surface area contributed by atoms with Crippen LogP contribution in [-0.4, -0.2) is 37.0 Å². The summed E-state index contributed by atoms with van der Waals surface area (Å²) in [6.07, 6.45) is 1.37. The van der Waals surface area contributed by atoms with E-state index in [1.807, 2.05) is 25.1 Å². The zero-order chi connectivity index (χ0) is 27.2. The number of nitrogens with zero attached hydrogens (tertiary/aromatic N) is 1. The van der Waals surface area contributed by atoms with Gasteiger partial charge >= 0.3 is 6.03 Å². The number of imide groups is 2. The smallest absolute Gasteiger partial charge is 0.335 e. The molecule has 0 spiro atoms. The minimum absolute atomic E-state index is 0.229. The lowest BCUT2D eigenvalue weighted by molar-refractivity contribution is -0.122. The minimum atomic E-state index is -0.846. The van der Waals surface area contributed by atoms with E-state index in [4.69, 9.17) is 9.47 Å². The van der Waals surface area contributed by atoms with Gasteiger partial charge in [0.15, 0.2) is 6.61 Å². The monoisotopic (exact) mass is 641 g/mol. The molecule has 1 saturated heterocycles. The molecular weight excluding hydrogens is 622 g/mol. The fourth-order valence-electron chi connectivity index (χ4n) is 3.57. The molecule has 1 fully saturated rings. The fraction of sp³-hybridized carbons (Fsp3) is 0.111. The van der Waals surface area contributed by atoms with Gasteiger partial charge in [0.1, 0.15) is 17.1 Å². The summed E-state index contributed by atoms with van der Waals surface area (Å²) in [4.78, 5) is 51.3. The second-order valence-electron chi connectivity index (χ2n) is 7.90. The van der Waals surface area contributed by atoms with Crippen LogP contribution in [0.1, 0.15) is 12.5 Å². The first-order valence-corrected chi connectivity index (χ1v) is 13.0. The first-order valence-electron chi connectivity index (χ1n) is 11.4. The predicted octanol–water partition coefficient (Wildman–Crippen LogP) is 5.29. The van der Waals surface area contributed by atoms with Crippen molar-refractivity contribution in [3.8, 4) is 11.5 Å². The number of benzene rings is 3. The van der Waals surface area contributed by atoms with Crippen molar-refractivity contribution in [2.45, 2.75) is 6.92 Å². The SMILES string of the molecule is CCOc1ccc(N2C(=O)NC(=O)/C(=C\c3cc(Br)c(OCC(=O)Nc4ccccc4)c(Br)c3)C2=O)cc1. The molecule has 0 atom stereocenters. The summed E-state index contributed by atoms with van der Waals surface area (Å²) in [7, 11) is 0. The molecule has 9 nitrogen and oxygen atoms in total. The van der Waals surface area contributed by atoms with Crippen molar-refractivity contribution in [2.75, 3.05) is 23.4 Å². The van der Waals surface area contributed by atoms with E-state index in [0.717, 1.165) is 4.90 Å². The number of hydrogen-bond donors (Lipinski definition) is 2. The van der Waals surface area contributed by atoms with Crippen LogP contribution in [0, 0.1) is 0 Å². The number of hydrogen-bond acceptors (Lipinski definition) is 6. The van der Waals surface area contributed by atoms with Gasteiger partial charge < -0.3 is 14.8 Å². The summed E-state index contributed by atoms with van der Waals surface area (Å²) in [6, 6.07) is 17.8. The molecule has 11 heteroatoms. The van der Waals surface area contributed by atoms with Gasteiger partial charge in [-0.3, -0.25) is 19.7 Å². The van der Waals surface area contributed by atoms with Crippen molar-refractivity contribution >= 4 is 73.1 Å². The standard InChI is InChI=1S/C27H21Br2N3O6/c1-2-37-19-10-8-18(9-11-19)32-26(35)20(25(34)31-27(32)36)12-16-13-21(28)24(22(29)14-16)38-15-23(33)30-17-6-4-3-5-7-17/h3-14H,2,15H2,1H3,(H,30,33)(H,31,34,36)/b20-12+. The highest BCUT2D eigenvalue weighted by Crippen LogP contribution is 2.36. The van der Waals surface area contributed by atoms with Crippen LogP contribution >= 0.6 is 31.9 Å². The largest absolute Gasteiger partial charge is 0.494 e. The van der Waals surface area contributed by atoms with Crippen LogP contribution in [0.5, 0.6) is 11.5 Å². The Morgan fingerprint density at radius 1 is 0.974 bits per heavy atom. The van der Waals surface area contributed by atoms with Crippen molar-refractivity contribution in [2.24, 2.45) is 0 Å². The molecule has 0 saturated carbocycles. The van der Waals surface area contributed by atoms with Crippen LogP contribution in [0.3, 0.4) is 0 Å². The Morgan fingerprint density at radius 3 is 2.26 bits per heavy atom. The Hall–Kier alpha value is -3.96. The highest BCUT2D eigenvalue weighted by molar-refractivity contribution is 9.11. The first kappa shape index (κ1) is 27.1. The highest BCUT2D eigenvalue weighted by Gasteiger charge is 2.36. The van der Waals surface area contributed by atoms with E-state index < -0.39 is 17.8 Å². The number of nitrogens with one attached hydrogen (secondary N) is 2. The molecule has 1 heterocycles. The number of anilines is 2. The van der Waals surface area contributed by atoms with Crippen LogP contribution in [0.15, 0.2) is 81.2 Å². The van der Waals surface area contributed by atoms with Gasteiger partial charge in [-0.15, -0.1) is 0 Å². The van der Waals surface area contributed by atoms with E-state index in [-0.39, 0.29) is 23.8 Å². The number of carbonyl (C=O) groups excluding carboxylic acids is 4. The topological polar surface area (TPSA) is 114 Å². The molecule has 1 aliphatic heterocycles. The number of carbonyl (C=O) groups is 4.